The summed E-state index contributed by atoms with van der Waals surface area (Å²) in [5.41, 5.74) is 4.12. The molecule has 0 fully saturated rings. The topological polar surface area (TPSA) is 27.7 Å². The Hall–Kier alpha value is -2.16. The van der Waals surface area contributed by atoms with Gasteiger partial charge in [0.05, 0.1) is 0 Å². The van der Waals surface area contributed by atoms with Gasteiger partial charge >= 0.3 is 8.80 Å². The maximum Gasteiger partial charge on any atom is 0.591 e. The van der Waals surface area contributed by atoms with Gasteiger partial charge < -0.3 is 13.3 Å². The van der Waals surface area contributed by atoms with Crippen molar-refractivity contribution in [2.45, 2.75) is 20.8 Å². The number of fused-ring (bicyclic) bond motifs is 3. The molecule has 26 heavy (non-hydrogen) atoms. The molecule has 0 saturated carbocycles. The molecular weight excluding hydrogens is 340 g/mol. The zero-order chi connectivity index (χ0) is 18.4. The van der Waals surface area contributed by atoms with E-state index in [1.807, 2.05) is 26.8 Å². The highest BCUT2D eigenvalue weighted by Gasteiger charge is 2.39. The van der Waals surface area contributed by atoms with Crippen molar-refractivity contribution < 1.29 is 13.3 Å². The number of hydrogen-bond donors (Lipinski definition) is 0. The summed E-state index contributed by atoms with van der Waals surface area (Å²) in [5, 5.41) is 4.87. The molecule has 0 aromatic heterocycles. The summed E-state index contributed by atoms with van der Waals surface area (Å²) in [5.74, 6) is 3.23. The molecule has 0 N–H and O–H groups in total. The Bertz CT molecular complexity index is 939. The molecule has 0 aliphatic heterocycles. The summed E-state index contributed by atoms with van der Waals surface area (Å²) in [6.07, 6.45) is 0. The van der Waals surface area contributed by atoms with Crippen molar-refractivity contribution in [3.63, 3.8) is 0 Å². The monoisotopic (exact) mass is 364 g/mol. The van der Waals surface area contributed by atoms with E-state index in [2.05, 4.69) is 60.0 Å². The van der Waals surface area contributed by atoms with Crippen LogP contribution >= 0.6 is 0 Å². The summed E-state index contributed by atoms with van der Waals surface area (Å²) in [6, 6.07) is 19.0. The van der Waals surface area contributed by atoms with Crippen LogP contribution in [-0.4, -0.2) is 28.6 Å². The van der Waals surface area contributed by atoms with Gasteiger partial charge in [-0.05, 0) is 60.0 Å². The molecule has 0 spiro atoms. The van der Waals surface area contributed by atoms with Gasteiger partial charge in [-0.15, -0.1) is 0 Å². The summed E-state index contributed by atoms with van der Waals surface area (Å²) in [7, 11) is -2.96. The quantitative estimate of drug-likeness (QED) is 0.352. The van der Waals surface area contributed by atoms with Crippen molar-refractivity contribution >= 4 is 30.3 Å². The van der Waals surface area contributed by atoms with Gasteiger partial charge in [0.2, 0.25) is 0 Å². The molecule has 0 unspecified atom stereocenters. The first-order chi connectivity index (χ1) is 12.7. The lowest BCUT2D eigenvalue weighted by atomic mass is 10.0. The van der Waals surface area contributed by atoms with Crippen molar-refractivity contribution in [2.75, 3.05) is 19.8 Å². The molecule has 4 heteroatoms. The fourth-order valence-electron chi connectivity index (χ4n) is 3.03. The van der Waals surface area contributed by atoms with Crippen molar-refractivity contribution in [3.8, 4) is 11.5 Å². The summed E-state index contributed by atoms with van der Waals surface area (Å²) < 4.78 is 17.4. The largest absolute Gasteiger partial charge is 0.591 e. The van der Waals surface area contributed by atoms with Gasteiger partial charge in [0.25, 0.3) is 0 Å². The van der Waals surface area contributed by atoms with E-state index < -0.39 is 8.80 Å². The van der Waals surface area contributed by atoms with Gasteiger partial charge in [0, 0.05) is 25.4 Å². The number of hydrogen-bond acceptors (Lipinski definition) is 3. The van der Waals surface area contributed by atoms with Crippen molar-refractivity contribution in [3.05, 3.63) is 60.2 Å². The molecule has 134 valence electrons. The van der Waals surface area contributed by atoms with Crippen LogP contribution in [0, 0.1) is 11.5 Å². The summed E-state index contributed by atoms with van der Waals surface area (Å²) in [4.78, 5) is 0. The van der Waals surface area contributed by atoms with Crippen molar-refractivity contribution in [2.24, 2.45) is 0 Å². The third-order valence-electron chi connectivity index (χ3n) is 4.11. The Balaban J connectivity index is 2.05. The Morgan fingerprint density at radius 1 is 0.731 bits per heavy atom. The van der Waals surface area contributed by atoms with Crippen LogP contribution in [0.15, 0.2) is 54.6 Å². The van der Waals surface area contributed by atoms with Gasteiger partial charge in [0.15, 0.2) is 0 Å². The van der Waals surface area contributed by atoms with Crippen LogP contribution in [0.5, 0.6) is 0 Å². The highest BCUT2D eigenvalue weighted by Crippen LogP contribution is 2.26. The van der Waals surface area contributed by atoms with Gasteiger partial charge in [-0.1, -0.05) is 48.4 Å². The first-order valence-electron chi connectivity index (χ1n) is 9.08. The zero-order valence-corrected chi connectivity index (χ0v) is 16.5. The van der Waals surface area contributed by atoms with E-state index in [0.717, 1.165) is 5.56 Å². The third kappa shape index (κ3) is 3.98. The molecule has 3 nitrogen and oxygen atoms in total. The third-order valence-corrected chi connectivity index (χ3v) is 6.55. The minimum absolute atomic E-state index is 0.517. The summed E-state index contributed by atoms with van der Waals surface area (Å²) in [6.45, 7) is 7.35. The van der Waals surface area contributed by atoms with Crippen LogP contribution in [0.2, 0.25) is 0 Å². The highest BCUT2D eigenvalue weighted by molar-refractivity contribution is 6.69. The minimum atomic E-state index is -2.96. The molecule has 3 aromatic carbocycles. The molecule has 0 radical (unpaired) electrons. The predicted octanol–water partition coefficient (Wildman–Crippen LogP) is 4.93. The van der Waals surface area contributed by atoms with E-state index in [1.165, 1.54) is 21.5 Å². The van der Waals surface area contributed by atoms with Crippen LogP contribution in [0.25, 0.3) is 21.5 Å². The number of rotatable bonds is 6. The van der Waals surface area contributed by atoms with Crippen LogP contribution in [0.1, 0.15) is 26.3 Å². The van der Waals surface area contributed by atoms with Crippen molar-refractivity contribution in [1.82, 2.24) is 0 Å². The first-order valence-corrected chi connectivity index (χ1v) is 10.8. The zero-order valence-electron chi connectivity index (χ0n) is 15.5. The van der Waals surface area contributed by atoms with E-state index in [9.17, 15) is 0 Å². The van der Waals surface area contributed by atoms with E-state index in [1.54, 1.807) is 0 Å². The second kappa shape index (κ2) is 8.48. The second-order valence-corrected chi connectivity index (χ2v) is 8.06. The second-order valence-electron chi connectivity index (χ2n) is 5.83. The Morgan fingerprint density at radius 2 is 1.31 bits per heavy atom. The standard InChI is InChI=1S/C22H24O3Si/c1-4-23-26(24-5-2,25-6-3)16-15-18-11-12-20-14-13-19-9-7-8-10-21(19)22(20)17-18/h7-14,17H,4-6H2,1-3H3. The normalized spacial score (nSPS) is 11.5. The molecule has 3 aromatic rings. The van der Waals surface area contributed by atoms with Crippen LogP contribution in [-0.2, 0) is 13.3 Å². The SMILES string of the molecule is CCO[Si](C#Cc1ccc2ccc3ccccc3c2c1)(OCC)OCC. The smallest absolute Gasteiger partial charge is 0.364 e. The maximum absolute atomic E-state index is 5.81. The predicted molar refractivity (Wildman–Crippen MR) is 109 cm³/mol. The molecule has 0 bridgehead atoms. The summed E-state index contributed by atoms with van der Waals surface area (Å²) >= 11 is 0. The van der Waals surface area contributed by atoms with Gasteiger partial charge in [-0.25, -0.2) is 0 Å². The van der Waals surface area contributed by atoms with Crippen LogP contribution < -0.4 is 0 Å². The Kier molecular flexibility index (Phi) is 6.07. The van der Waals surface area contributed by atoms with Gasteiger partial charge in [-0.3, -0.25) is 0 Å². The molecule has 0 aliphatic carbocycles. The van der Waals surface area contributed by atoms with Crippen LogP contribution in [0.4, 0.5) is 0 Å². The molecule has 0 aliphatic rings. The molecular formula is C22H24O3Si. The first kappa shape index (κ1) is 18.6. The van der Waals surface area contributed by atoms with E-state index in [4.69, 9.17) is 13.3 Å². The molecule has 0 saturated heterocycles. The fraction of sp³-hybridized carbons (Fsp3) is 0.273. The van der Waals surface area contributed by atoms with E-state index in [-0.39, 0.29) is 0 Å². The minimum Gasteiger partial charge on any atom is -0.364 e. The van der Waals surface area contributed by atoms with E-state index >= 15 is 0 Å². The molecule has 0 atom stereocenters. The Morgan fingerprint density at radius 3 is 1.96 bits per heavy atom. The highest BCUT2D eigenvalue weighted by atomic mass is 28.4. The number of benzene rings is 3. The molecule has 3 rings (SSSR count). The molecule has 0 heterocycles. The average Bonchev–Trinajstić information content (AvgIpc) is 2.67. The maximum atomic E-state index is 5.81. The molecule has 0 amide bonds. The Labute approximate surface area is 156 Å². The lowest BCUT2D eigenvalue weighted by Gasteiger charge is -2.22. The van der Waals surface area contributed by atoms with Gasteiger partial charge in [-0.2, -0.15) is 0 Å². The fourth-order valence-corrected chi connectivity index (χ4v) is 4.94. The lowest BCUT2D eigenvalue weighted by molar-refractivity contribution is 0.0870. The lowest BCUT2D eigenvalue weighted by Crippen LogP contribution is -2.45. The van der Waals surface area contributed by atoms with Crippen molar-refractivity contribution in [1.29, 1.82) is 0 Å². The van der Waals surface area contributed by atoms with E-state index in [0.29, 0.717) is 19.8 Å². The average molecular weight is 365 g/mol. The van der Waals surface area contributed by atoms with Crippen LogP contribution in [0.3, 0.4) is 0 Å². The van der Waals surface area contributed by atoms with Gasteiger partial charge in [0.1, 0.15) is 0 Å².